The van der Waals surface area contributed by atoms with Crippen LogP contribution < -0.4 is 19.1 Å². The van der Waals surface area contributed by atoms with Crippen LogP contribution >= 0.6 is 0 Å². The number of carbonyl (C=O) groups is 2. The van der Waals surface area contributed by atoms with Gasteiger partial charge in [0.05, 0.1) is 26.2 Å². The zero-order chi connectivity index (χ0) is 26.9. The predicted octanol–water partition coefficient (Wildman–Crippen LogP) is 3.11. The van der Waals surface area contributed by atoms with E-state index in [2.05, 4.69) is 5.32 Å². The molecule has 0 saturated heterocycles. The van der Waals surface area contributed by atoms with Crippen molar-refractivity contribution in [1.82, 2.24) is 10.2 Å². The Morgan fingerprint density at radius 3 is 2.31 bits per heavy atom. The van der Waals surface area contributed by atoms with Crippen molar-refractivity contribution < 1.29 is 27.5 Å². The maximum absolute atomic E-state index is 13.8. The van der Waals surface area contributed by atoms with Crippen molar-refractivity contribution >= 4 is 27.5 Å². The fraction of sp³-hybridized carbons (Fsp3) is 0.462. The Labute approximate surface area is 214 Å². The van der Waals surface area contributed by atoms with Crippen molar-refractivity contribution in [2.24, 2.45) is 0 Å². The van der Waals surface area contributed by atoms with Crippen LogP contribution in [0, 0.1) is 6.92 Å². The summed E-state index contributed by atoms with van der Waals surface area (Å²) in [6, 6.07) is 11.5. The highest BCUT2D eigenvalue weighted by atomic mass is 32.2. The summed E-state index contributed by atoms with van der Waals surface area (Å²) in [7, 11) is -0.979. The van der Waals surface area contributed by atoms with E-state index in [4.69, 9.17) is 9.47 Å². The van der Waals surface area contributed by atoms with Gasteiger partial charge in [-0.25, -0.2) is 8.42 Å². The van der Waals surface area contributed by atoms with Crippen molar-refractivity contribution in [2.75, 3.05) is 37.9 Å². The number of nitrogens with zero attached hydrogens (tertiary/aromatic N) is 2. The minimum absolute atomic E-state index is 0.168. The van der Waals surface area contributed by atoms with Crippen LogP contribution in [0.15, 0.2) is 42.5 Å². The van der Waals surface area contributed by atoms with Gasteiger partial charge in [-0.3, -0.25) is 13.9 Å². The van der Waals surface area contributed by atoms with Crippen molar-refractivity contribution in [3.63, 3.8) is 0 Å². The Kier molecular flexibility index (Phi) is 10.6. The summed E-state index contributed by atoms with van der Waals surface area (Å²) in [4.78, 5) is 28.2. The molecule has 2 aromatic rings. The first-order valence-corrected chi connectivity index (χ1v) is 13.7. The minimum Gasteiger partial charge on any atom is -0.497 e. The van der Waals surface area contributed by atoms with E-state index in [1.807, 2.05) is 45.0 Å². The summed E-state index contributed by atoms with van der Waals surface area (Å²) in [6.07, 6.45) is 2.16. The first-order chi connectivity index (χ1) is 17.1. The molecule has 2 aromatic carbocycles. The van der Waals surface area contributed by atoms with Gasteiger partial charge >= 0.3 is 0 Å². The third kappa shape index (κ3) is 7.36. The minimum atomic E-state index is -3.88. The Balaban J connectivity index is 2.51. The van der Waals surface area contributed by atoms with E-state index in [1.165, 1.54) is 25.2 Å². The molecule has 0 aliphatic carbocycles. The lowest BCUT2D eigenvalue weighted by atomic mass is 10.1. The molecule has 1 atom stereocenters. The number of hydrogen-bond acceptors (Lipinski definition) is 6. The topological polar surface area (TPSA) is 105 Å². The predicted molar refractivity (Wildman–Crippen MR) is 141 cm³/mol. The summed E-state index contributed by atoms with van der Waals surface area (Å²) in [5, 5.41) is 2.87. The molecule has 0 aliphatic rings. The van der Waals surface area contributed by atoms with Crippen LogP contribution in [-0.4, -0.2) is 64.7 Å². The lowest BCUT2D eigenvalue weighted by Gasteiger charge is -2.33. The van der Waals surface area contributed by atoms with Crippen LogP contribution in [0.2, 0.25) is 0 Å². The van der Waals surface area contributed by atoms with Crippen LogP contribution in [-0.2, 0) is 26.2 Å². The number of anilines is 1. The third-order valence-electron chi connectivity index (χ3n) is 5.87. The van der Waals surface area contributed by atoms with Gasteiger partial charge in [-0.2, -0.15) is 0 Å². The van der Waals surface area contributed by atoms with Gasteiger partial charge in [-0.1, -0.05) is 38.1 Å². The number of rotatable bonds is 13. The third-order valence-corrected chi connectivity index (χ3v) is 7.00. The highest BCUT2D eigenvalue weighted by Gasteiger charge is 2.32. The molecule has 0 radical (unpaired) electrons. The van der Waals surface area contributed by atoms with Gasteiger partial charge in [0.15, 0.2) is 0 Å². The van der Waals surface area contributed by atoms with Gasteiger partial charge in [0.25, 0.3) is 0 Å². The SMILES string of the molecule is CCCNC(=O)[C@H](CC)N(Cc1ccccc1C)C(=O)CN(c1ccc(OC)cc1OC)S(C)(=O)=O. The molecular formula is C26H37N3O6S. The molecule has 10 heteroatoms. The quantitative estimate of drug-likeness (QED) is 0.436. The average Bonchev–Trinajstić information content (AvgIpc) is 2.85. The van der Waals surface area contributed by atoms with E-state index < -0.39 is 28.5 Å². The summed E-state index contributed by atoms with van der Waals surface area (Å²) < 4.78 is 37.3. The highest BCUT2D eigenvalue weighted by Crippen LogP contribution is 2.33. The van der Waals surface area contributed by atoms with Crippen molar-refractivity contribution in [1.29, 1.82) is 0 Å². The van der Waals surface area contributed by atoms with E-state index in [0.717, 1.165) is 28.1 Å². The van der Waals surface area contributed by atoms with Gasteiger partial charge in [0.2, 0.25) is 21.8 Å². The number of amides is 2. The molecule has 0 spiro atoms. The van der Waals surface area contributed by atoms with E-state index in [1.54, 1.807) is 12.1 Å². The first-order valence-electron chi connectivity index (χ1n) is 11.9. The smallest absolute Gasteiger partial charge is 0.244 e. The maximum Gasteiger partial charge on any atom is 0.244 e. The fourth-order valence-electron chi connectivity index (χ4n) is 3.84. The standard InChI is InChI=1S/C26H37N3O6S/c1-7-15-27-26(31)22(8-2)28(17-20-12-10-9-11-19(20)3)25(30)18-29(36(6,32)33)23-14-13-21(34-4)16-24(23)35-5/h9-14,16,22H,7-8,15,17-18H2,1-6H3,(H,27,31)/t22-/m0/s1. The molecule has 0 aromatic heterocycles. The summed E-state index contributed by atoms with van der Waals surface area (Å²) >= 11 is 0. The van der Waals surface area contributed by atoms with Crippen LogP contribution in [0.4, 0.5) is 5.69 Å². The molecule has 2 rings (SSSR count). The van der Waals surface area contributed by atoms with Crippen molar-refractivity contribution in [3.05, 3.63) is 53.6 Å². The molecule has 9 nitrogen and oxygen atoms in total. The number of carbonyl (C=O) groups excluding carboxylic acids is 2. The fourth-order valence-corrected chi connectivity index (χ4v) is 4.70. The van der Waals surface area contributed by atoms with Gasteiger partial charge in [-0.05, 0) is 43.0 Å². The maximum atomic E-state index is 13.8. The van der Waals surface area contributed by atoms with E-state index >= 15 is 0 Å². The van der Waals surface area contributed by atoms with E-state index in [0.29, 0.717) is 18.7 Å². The van der Waals surface area contributed by atoms with Crippen LogP contribution in [0.25, 0.3) is 0 Å². The van der Waals surface area contributed by atoms with Crippen molar-refractivity contribution in [3.8, 4) is 11.5 Å². The number of methoxy groups -OCH3 is 2. The Morgan fingerprint density at radius 2 is 1.75 bits per heavy atom. The van der Waals surface area contributed by atoms with Crippen LogP contribution in [0.5, 0.6) is 11.5 Å². The summed E-state index contributed by atoms with van der Waals surface area (Å²) in [5.74, 6) is -0.0461. The summed E-state index contributed by atoms with van der Waals surface area (Å²) in [6.45, 7) is 5.87. The second-order valence-corrected chi connectivity index (χ2v) is 10.4. The lowest BCUT2D eigenvalue weighted by Crippen LogP contribution is -2.52. The lowest BCUT2D eigenvalue weighted by molar-refractivity contribution is -0.140. The highest BCUT2D eigenvalue weighted by molar-refractivity contribution is 7.92. The van der Waals surface area contributed by atoms with Gasteiger partial charge < -0.3 is 19.7 Å². The Hall–Kier alpha value is -3.27. The number of sulfonamides is 1. The second kappa shape index (κ2) is 13.2. The second-order valence-electron chi connectivity index (χ2n) is 8.47. The normalized spacial score (nSPS) is 11.9. The number of hydrogen-bond donors (Lipinski definition) is 1. The molecule has 0 fully saturated rings. The van der Waals surface area contributed by atoms with Gasteiger partial charge in [0.1, 0.15) is 24.1 Å². The molecule has 2 amide bonds. The van der Waals surface area contributed by atoms with E-state index in [9.17, 15) is 18.0 Å². The first kappa shape index (κ1) is 29.0. The molecule has 0 aliphatic heterocycles. The van der Waals surface area contributed by atoms with Gasteiger partial charge in [-0.15, -0.1) is 0 Å². The Morgan fingerprint density at radius 1 is 1.06 bits per heavy atom. The number of nitrogens with one attached hydrogen (secondary N) is 1. The molecule has 0 bridgehead atoms. The molecule has 198 valence electrons. The number of aryl methyl sites for hydroxylation is 1. The van der Waals surface area contributed by atoms with E-state index in [-0.39, 0.29) is 23.9 Å². The van der Waals surface area contributed by atoms with Crippen LogP contribution in [0.3, 0.4) is 0 Å². The van der Waals surface area contributed by atoms with Gasteiger partial charge in [0, 0.05) is 19.2 Å². The average molecular weight is 520 g/mol. The molecule has 0 saturated carbocycles. The molecule has 36 heavy (non-hydrogen) atoms. The number of benzene rings is 2. The molecule has 0 heterocycles. The zero-order valence-electron chi connectivity index (χ0n) is 21.9. The van der Waals surface area contributed by atoms with Crippen molar-refractivity contribution in [2.45, 2.75) is 46.2 Å². The Bertz CT molecular complexity index is 1150. The summed E-state index contributed by atoms with van der Waals surface area (Å²) in [5.41, 5.74) is 2.05. The largest absolute Gasteiger partial charge is 0.497 e. The molecule has 0 unspecified atom stereocenters. The monoisotopic (exact) mass is 519 g/mol. The molecule has 1 N–H and O–H groups in total. The van der Waals surface area contributed by atoms with Crippen LogP contribution in [0.1, 0.15) is 37.8 Å². The molecular weight excluding hydrogens is 482 g/mol. The number of ether oxygens (including phenoxy) is 2. The zero-order valence-corrected chi connectivity index (χ0v) is 22.7.